The predicted octanol–water partition coefficient (Wildman–Crippen LogP) is 2.77. The van der Waals surface area contributed by atoms with Crippen LogP contribution in [-0.4, -0.2) is 35.8 Å². The minimum atomic E-state index is -0.958. The monoisotopic (exact) mass is 286 g/mol. The molecule has 0 amide bonds. The number of carboxylic acid groups (broad SMARTS) is 1. The highest BCUT2D eigenvalue weighted by molar-refractivity contribution is 6.04. The number of hydrogen-bond acceptors (Lipinski definition) is 4. The maximum Gasteiger partial charge on any atom is 0.339 e. The summed E-state index contributed by atoms with van der Waals surface area (Å²) in [6, 6.07) is 7.58. The molecule has 1 aliphatic heterocycles. The van der Waals surface area contributed by atoms with Crippen molar-refractivity contribution in [2.45, 2.75) is 12.8 Å². The smallest absolute Gasteiger partial charge is 0.339 e. The van der Waals surface area contributed by atoms with E-state index in [-0.39, 0.29) is 5.56 Å². The Labute approximate surface area is 123 Å². The second kappa shape index (κ2) is 6.10. The summed E-state index contributed by atoms with van der Waals surface area (Å²) in [5.41, 5.74) is 1.68. The molecule has 3 rings (SSSR count). The fraction of sp³-hybridized carbons (Fsp3) is 0.375. The first-order chi connectivity index (χ1) is 10.3. The molecular weight excluding hydrogens is 268 g/mol. The minimum absolute atomic E-state index is 0.219. The lowest BCUT2D eigenvalue weighted by atomic mass is 10.0. The van der Waals surface area contributed by atoms with E-state index in [1.807, 2.05) is 24.3 Å². The van der Waals surface area contributed by atoms with E-state index < -0.39 is 5.97 Å². The second-order valence-corrected chi connectivity index (χ2v) is 5.31. The molecule has 5 heteroatoms. The van der Waals surface area contributed by atoms with Crippen LogP contribution in [-0.2, 0) is 4.74 Å². The van der Waals surface area contributed by atoms with Crippen LogP contribution in [0.3, 0.4) is 0 Å². The summed E-state index contributed by atoms with van der Waals surface area (Å²) >= 11 is 0. The third-order valence-electron chi connectivity index (χ3n) is 3.88. The van der Waals surface area contributed by atoms with E-state index in [9.17, 15) is 9.90 Å². The molecule has 0 spiro atoms. The molecule has 2 aromatic rings. The maximum absolute atomic E-state index is 11.4. The van der Waals surface area contributed by atoms with Gasteiger partial charge in [-0.3, -0.25) is 4.98 Å². The molecular formula is C16H18N2O3. The molecule has 110 valence electrons. The Kier molecular flexibility index (Phi) is 4.01. The average Bonchev–Trinajstić information content (AvgIpc) is 3.00. The molecule has 21 heavy (non-hydrogen) atoms. The molecule has 1 unspecified atom stereocenters. The van der Waals surface area contributed by atoms with Crippen LogP contribution in [0.4, 0.5) is 5.69 Å². The summed E-state index contributed by atoms with van der Waals surface area (Å²) in [7, 11) is 0. The second-order valence-electron chi connectivity index (χ2n) is 5.31. The van der Waals surface area contributed by atoms with Gasteiger partial charge in [0.25, 0.3) is 0 Å². The SMILES string of the molecule is O=C(O)c1cnc2ccccc2c1NCCC1CCOC1. The number of pyridine rings is 1. The summed E-state index contributed by atoms with van der Waals surface area (Å²) in [5.74, 6) is -0.390. The number of anilines is 1. The molecule has 1 atom stereocenters. The van der Waals surface area contributed by atoms with E-state index in [0.29, 0.717) is 11.6 Å². The highest BCUT2D eigenvalue weighted by atomic mass is 16.5. The molecule has 1 saturated heterocycles. The van der Waals surface area contributed by atoms with Gasteiger partial charge in [0.2, 0.25) is 0 Å². The van der Waals surface area contributed by atoms with Gasteiger partial charge in [-0.25, -0.2) is 4.79 Å². The Bertz CT molecular complexity index is 651. The Morgan fingerprint density at radius 3 is 3.05 bits per heavy atom. The number of para-hydroxylation sites is 1. The van der Waals surface area contributed by atoms with Crippen molar-refractivity contribution in [3.8, 4) is 0 Å². The topological polar surface area (TPSA) is 71.5 Å². The number of nitrogens with zero attached hydrogens (tertiary/aromatic N) is 1. The zero-order valence-corrected chi connectivity index (χ0v) is 11.7. The first-order valence-electron chi connectivity index (χ1n) is 7.18. The molecule has 2 N–H and O–H groups in total. The van der Waals surface area contributed by atoms with Crippen LogP contribution in [0.5, 0.6) is 0 Å². The Hall–Kier alpha value is -2.14. The van der Waals surface area contributed by atoms with Crippen molar-refractivity contribution in [2.24, 2.45) is 5.92 Å². The number of rotatable bonds is 5. The van der Waals surface area contributed by atoms with Gasteiger partial charge in [-0.1, -0.05) is 18.2 Å². The quantitative estimate of drug-likeness (QED) is 0.884. The maximum atomic E-state index is 11.4. The van der Waals surface area contributed by atoms with Crippen LogP contribution >= 0.6 is 0 Å². The van der Waals surface area contributed by atoms with Crippen molar-refractivity contribution in [1.29, 1.82) is 0 Å². The highest BCUT2D eigenvalue weighted by Crippen LogP contribution is 2.26. The number of hydrogen-bond donors (Lipinski definition) is 2. The van der Waals surface area contributed by atoms with Gasteiger partial charge in [-0.15, -0.1) is 0 Å². The van der Waals surface area contributed by atoms with E-state index in [2.05, 4.69) is 10.3 Å². The van der Waals surface area contributed by atoms with Crippen LogP contribution in [0.2, 0.25) is 0 Å². The van der Waals surface area contributed by atoms with Crippen molar-refractivity contribution >= 4 is 22.6 Å². The van der Waals surface area contributed by atoms with Crippen molar-refractivity contribution in [3.05, 3.63) is 36.0 Å². The number of aromatic nitrogens is 1. The molecule has 1 fully saturated rings. The third kappa shape index (κ3) is 2.97. The average molecular weight is 286 g/mol. The van der Waals surface area contributed by atoms with Crippen molar-refractivity contribution in [2.75, 3.05) is 25.1 Å². The van der Waals surface area contributed by atoms with Crippen LogP contribution in [0.15, 0.2) is 30.5 Å². The number of nitrogens with one attached hydrogen (secondary N) is 1. The summed E-state index contributed by atoms with van der Waals surface area (Å²) in [4.78, 5) is 15.6. The van der Waals surface area contributed by atoms with Gasteiger partial charge < -0.3 is 15.2 Å². The van der Waals surface area contributed by atoms with E-state index >= 15 is 0 Å². The predicted molar refractivity (Wildman–Crippen MR) is 80.7 cm³/mol. The van der Waals surface area contributed by atoms with Crippen molar-refractivity contribution < 1.29 is 14.6 Å². The molecule has 0 radical (unpaired) electrons. The van der Waals surface area contributed by atoms with Gasteiger partial charge in [0, 0.05) is 31.3 Å². The van der Waals surface area contributed by atoms with Crippen molar-refractivity contribution in [3.63, 3.8) is 0 Å². The lowest BCUT2D eigenvalue weighted by molar-refractivity contribution is 0.0697. The Balaban J connectivity index is 1.83. The Morgan fingerprint density at radius 2 is 2.29 bits per heavy atom. The van der Waals surface area contributed by atoms with Crippen LogP contribution < -0.4 is 5.32 Å². The van der Waals surface area contributed by atoms with E-state index in [0.717, 1.165) is 43.5 Å². The first kappa shape index (κ1) is 13.8. The lowest BCUT2D eigenvalue weighted by Gasteiger charge is -2.14. The van der Waals surface area contributed by atoms with Gasteiger partial charge in [0.15, 0.2) is 0 Å². The number of aromatic carboxylic acids is 1. The van der Waals surface area contributed by atoms with Crippen LogP contribution in [0.1, 0.15) is 23.2 Å². The van der Waals surface area contributed by atoms with E-state index in [1.54, 1.807) is 0 Å². The summed E-state index contributed by atoms with van der Waals surface area (Å²) < 4.78 is 5.36. The van der Waals surface area contributed by atoms with Gasteiger partial charge in [-0.05, 0) is 24.8 Å². The van der Waals surface area contributed by atoms with Gasteiger partial charge in [0.05, 0.1) is 11.2 Å². The first-order valence-corrected chi connectivity index (χ1v) is 7.18. The van der Waals surface area contributed by atoms with Crippen LogP contribution in [0.25, 0.3) is 10.9 Å². The highest BCUT2D eigenvalue weighted by Gasteiger charge is 2.17. The summed E-state index contributed by atoms with van der Waals surface area (Å²) in [5, 5.41) is 13.5. The Morgan fingerprint density at radius 1 is 1.43 bits per heavy atom. The van der Waals surface area contributed by atoms with Gasteiger partial charge in [0.1, 0.15) is 5.56 Å². The number of benzene rings is 1. The number of carboxylic acids is 1. The minimum Gasteiger partial charge on any atom is -0.478 e. The van der Waals surface area contributed by atoms with Crippen molar-refractivity contribution in [1.82, 2.24) is 4.98 Å². The molecule has 2 heterocycles. The molecule has 1 aliphatic rings. The summed E-state index contributed by atoms with van der Waals surface area (Å²) in [6.07, 6.45) is 3.49. The third-order valence-corrected chi connectivity index (χ3v) is 3.88. The fourth-order valence-corrected chi connectivity index (χ4v) is 2.71. The number of carbonyl (C=O) groups is 1. The molecule has 0 aliphatic carbocycles. The van der Waals surface area contributed by atoms with Crippen LogP contribution in [0, 0.1) is 5.92 Å². The lowest BCUT2D eigenvalue weighted by Crippen LogP contribution is -2.12. The standard InChI is InChI=1S/C16H18N2O3/c19-16(20)13-9-18-14-4-2-1-3-12(14)15(13)17-7-5-11-6-8-21-10-11/h1-4,9,11H,5-8,10H2,(H,17,18)(H,19,20). The number of ether oxygens (including phenoxy) is 1. The van der Waals surface area contributed by atoms with Gasteiger partial charge >= 0.3 is 5.97 Å². The molecule has 0 bridgehead atoms. The molecule has 1 aromatic carbocycles. The van der Waals surface area contributed by atoms with Gasteiger partial charge in [-0.2, -0.15) is 0 Å². The molecule has 5 nitrogen and oxygen atoms in total. The molecule has 0 saturated carbocycles. The summed E-state index contributed by atoms with van der Waals surface area (Å²) in [6.45, 7) is 2.39. The molecule has 1 aromatic heterocycles. The normalized spacial score (nSPS) is 18.0. The fourth-order valence-electron chi connectivity index (χ4n) is 2.71. The zero-order valence-electron chi connectivity index (χ0n) is 11.7. The largest absolute Gasteiger partial charge is 0.478 e. The zero-order chi connectivity index (χ0) is 14.7. The van der Waals surface area contributed by atoms with E-state index in [1.165, 1.54) is 6.20 Å². The number of fused-ring (bicyclic) bond motifs is 1. The van der Waals surface area contributed by atoms with E-state index in [4.69, 9.17) is 4.74 Å².